The highest BCUT2D eigenvalue weighted by Crippen LogP contribution is 2.36. The Hall–Kier alpha value is -2.00. The number of rotatable bonds is 4. The second-order valence-corrected chi connectivity index (χ2v) is 6.00. The average Bonchev–Trinajstić information content (AvgIpc) is 3.16. The first-order chi connectivity index (χ1) is 11.4. The molecule has 3 heterocycles. The van der Waals surface area contributed by atoms with Crippen LogP contribution in [0.25, 0.3) is 11.6 Å². The molecular formula is C14H10ClF3N4OS. The summed E-state index contributed by atoms with van der Waals surface area (Å²) in [5, 5.41) is 8.68. The van der Waals surface area contributed by atoms with Gasteiger partial charge in [-0.25, -0.2) is 4.98 Å². The number of hydrogen-bond donors (Lipinski definition) is 0. The molecule has 10 heteroatoms. The highest BCUT2D eigenvalue weighted by atomic mass is 35.5. The van der Waals surface area contributed by atoms with Crippen molar-refractivity contribution < 1.29 is 17.6 Å². The van der Waals surface area contributed by atoms with E-state index in [1.807, 2.05) is 6.92 Å². The van der Waals surface area contributed by atoms with E-state index in [9.17, 15) is 13.2 Å². The Balaban J connectivity index is 1.92. The maximum absolute atomic E-state index is 12.7. The molecule has 0 unspecified atom stereocenters. The molecule has 0 saturated carbocycles. The molecule has 0 aliphatic heterocycles. The summed E-state index contributed by atoms with van der Waals surface area (Å²) in [6.07, 6.45) is -2.23. The molecule has 3 rings (SSSR count). The molecular weight excluding hydrogens is 365 g/mol. The van der Waals surface area contributed by atoms with Crippen LogP contribution >= 0.6 is 23.4 Å². The van der Waals surface area contributed by atoms with Gasteiger partial charge in [0.25, 0.3) is 0 Å². The molecule has 126 valence electrons. The van der Waals surface area contributed by atoms with Crippen molar-refractivity contribution in [1.29, 1.82) is 0 Å². The summed E-state index contributed by atoms with van der Waals surface area (Å²) in [5.41, 5.74) is -0.898. The summed E-state index contributed by atoms with van der Waals surface area (Å²) in [6, 6.07) is 4.32. The third kappa shape index (κ3) is 3.27. The first-order valence-electron chi connectivity index (χ1n) is 6.77. The second-order valence-electron chi connectivity index (χ2n) is 4.64. The van der Waals surface area contributed by atoms with E-state index in [0.717, 1.165) is 24.0 Å². The molecule has 0 aliphatic carbocycles. The van der Waals surface area contributed by atoms with Crippen molar-refractivity contribution in [3.63, 3.8) is 0 Å². The zero-order valence-electron chi connectivity index (χ0n) is 12.2. The second kappa shape index (κ2) is 6.48. The third-order valence-electron chi connectivity index (χ3n) is 3.10. The van der Waals surface area contributed by atoms with Crippen LogP contribution in [0.1, 0.15) is 12.5 Å². The minimum Gasteiger partial charge on any atom is -0.461 e. The van der Waals surface area contributed by atoms with Gasteiger partial charge < -0.3 is 4.42 Å². The number of halogens is 4. The number of alkyl halides is 3. The normalized spacial score (nSPS) is 11.9. The van der Waals surface area contributed by atoms with Gasteiger partial charge in [-0.05, 0) is 36.9 Å². The Morgan fingerprint density at radius 2 is 2.12 bits per heavy atom. The largest absolute Gasteiger partial charge is 0.461 e. The Kier molecular flexibility index (Phi) is 4.55. The van der Waals surface area contributed by atoms with E-state index in [4.69, 9.17) is 16.0 Å². The maximum atomic E-state index is 12.7. The summed E-state index contributed by atoms with van der Waals surface area (Å²) in [6.45, 7) is 2.44. The zero-order chi connectivity index (χ0) is 17.3. The summed E-state index contributed by atoms with van der Waals surface area (Å²) < 4.78 is 45.1. The van der Waals surface area contributed by atoms with Crippen molar-refractivity contribution in [2.24, 2.45) is 0 Å². The molecule has 0 N–H and O–H groups in total. The number of aromatic nitrogens is 4. The van der Waals surface area contributed by atoms with E-state index in [-0.39, 0.29) is 10.0 Å². The fourth-order valence-corrected chi connectivity index (χ4v) is 3.10. The van der Waals surface area contributed by atoms with Crippen molar-refractivity contribution in [3.8, 4) is 11.6 Å². The van der Waals surface area contributed by atoms with E-state index in [1.165, 1.54) is 6.26 Å². The summed E-state index contributed by atoms with van der Waals surface area (Å²) in [7, 11) is 0. The third-order valence-corrected chi connectivity index (χ3v) is 4.50. The van der Waals surface area contributed by atoms with Gasteiger partial charge in [-0.3, -0.25) is 4.57 Å². The van der Waals surface area contributed by atoms with E-state index in [1.54, 1.807) is 16.7 Å². The SMILES string of the molecule is CCn1c(Sc2ncc(C(F)(F)F)cc2Cl)nnc1-c1ccco1. The molecule has 0 aromatic carbocycles. The van der Waals surface area contributed by atoms with Crippen molar-refractivity contribution in [2.75, 3.05) is 0 Å². The van der Waals surface area contributed by atoms with Crippen molar-refractivity contribution >= 4 is 23.4 Å². The van der Waals surface area contributed by atoms with Crippen LogP contribution in [-0.4, -0.2) is 19.7 Å². The van der Waals surface area contributed by atoms with Gasteiger partial charge >= 0.3 is 6.18 Å². The number of nitrogens with zero attached hydrogens (tertiary/aromatic N) is 4. The maximum Gasteiger partial charge on any atom is 0.417 e. The van der Waals surface area contributed by atoms with Crippen LogP contribution in [-0.2, 0) is 12.7 Å². The number of hydrogen-bond acceptors (Lipinski definition) is 5. The molecule has 0 atom stereocenters. The lowest BCUT2D eigenvalue weighted by Crippen LogP contribution is -2.06. The molecule has 3 aromatic heterocycles. The van der Waals surface area contributed by atoms with Crippen LogP contribution in [0, 0.1) is 0 Å². The number of furan rings is 1. The van der Waals surface area contributed by atoms with Gasteiger partial charge in [0.2, 0.25) is 0 Å². The first kappa shape index (κ1) is 16.8. The molecule has 5 nitrogen and oxygen atoms in total. The minimum atomic E-state index is -4.49. The minimum absolute atomic E-state index is 0.0972. The van der Waals surface area contributed by atoms with Crippen LogP contribution in [0.2, 0.25) is 5.02 Å². The van der Waals surface area contributed by atoms with Gasteiger partial charge in [-0.2, -0.15) is 13.2 Å². The standard InChI is InChI=1S/C14H10ClF3N4OS/c1-2-22-11(10-4-3-5-23-10)20-21-13(22)24-12-9(15)6-8(7-19-12)14(16,17)18/h3-7H,2H2,1H3. The molecule has 0 bridgehead atoms. The Bertz CT molecular complexity index is 848. The van der Waals surface area contributed by atoms with Crippen LogP contribution in [0.5, 0.6) is 0 Å². The van der Waals surface area contributed by atoms with Crippen LogP contribution in [0.15, 0.2) is 45.3 Å². The first-order valence-corrected chi connectivity index (χ1v) is 7.97. The summed E-state index contributed by atoms with van der Waals surface area (Å²) >= 11 is 6.97. The highest BCUT2D eigenvalue weighted by molar-refractivity contribution is 7.99. The lowest BCUT2D eigenvalue weighted by atomic mass is 10.3. The van der Waals surface area contributed by atoms with Gasteiger partial charge in [0, 0.05) is 12.7 Å². The van der Waals surface area contributed by atoms with Crippen LogP contribution < -0.4 is 0 Å². The predicted octanol–water partition coefficient (Wildman–Crippen LogP) is 4.78. The van der Waals surface area contributed by atoms with Gasteiger partial charge in [0.15, 0.2) is 16.7 Å². The van der Waals surface area contributed by atoms with Gasteiger partial charge in [0.1, 0.15) is 5.03 Å². The Labute approximate surface area is 143 Å². The van der Waals surface area contributed by atoms with Crippen LogP contribution in [0.4, 0.5) is 13.2 Å². The van der Waals surface area contributed by atoms with Crippen molar-refractivity contribution in [1.82, 2.24) is 19.7 Å². The van der Waals surface area contributed by atoms with Crippen molar-refractivity contribution in [2.45, 2.75) is 29.8 Å². The monoisotopic (exact) mass is 374 g/mol. The molecule has 3 aromatic rings. The van der Waals surface area contributed by atoms with E-state index < -0.39 is 11.7 Å². The summed E-state index contributed by atoms with van der Waals surface area (Å²) in [5.74, 6) is 1.07. The molecule has 24 heavy (non-hydrogen) atoms. The van der Waals surface area contributed by atoms with Crippen molar-refractivity contribution in [3.05, 3.63) is 41.2 Å². The lowest BCUT2D eigenvalue weighted by Gasteiger charge is -2.09. The zero-order valence-corrected chi connectivity index (χ0v) is 13.8. The van der Waals surface area contributed by atoms with Gasteiger partial charge in [-0.1, -0.05) is 11.6 Å². The average molecular weight is 375 g/mol. The molecule has 0 amide bonds. The molecule has 0 fully saturated rings. The fourth-order valence-electron chi connectivity index (χ4n) is 1.98. The van der Waals surface area contributed by atoms with Gasteiger partial charge in [0.05, 0.1) is 16.8 Å². The molecule has 0 aliphatic rings. The summed E-state index contributed by atoms with van der Waals surface area (Å²) in [4.78, 5) is 3.79. The topological polar surface area (TPSA) is 56.7 Å². The predicted molar refractivity (Wildman–Crippen MR) is 81.8 cm³/mol. The number of pyridine rings is 1. The highest BCUT2D eigenvalue weighted by Gasteiger charge is 2.31. The Morgan fingerprint density at radius 1 is 1.33 bits per heavy atom. The fraction of sp³-hybridized carbons (Fsp3) is 0.214. The molecule has 0 radical (unpaired) electrons. The smallest absolute Gasteiger partial charge is 0.417 e. The van der Waals surface area contributed by atoms with E-state index in [0.29, 0.717) is 23.3 Å². The quantitative estimate of drug-likeness (QED) is 0.658. The molecule has 0 spiro atoms. The van der Waals surface area contributed by atoms with Gasteiger partial charge in [-0.15, -0.1) is 10.2 Å². The molecule has 0 saturated heterocycles. The lowest BCUT2D eigenvalue weighted by molar-refractivity contribution is -0.137. The van der Waals surface area contributed by atoms with E-state index in [2.05, 4.69) is 15.2 Å². The van der Waals surface area contributed by atoms with Crippen LogP contribution in [0.3, 0.4) is 0 Å². The Morgan fingerprint density at radius 3 is 2.71 bits per heavy atom. The van der Waals surface area contributed by atoms with E-state index >= 15 is 0 Å².